The number of anilines is 1. The number of carbonyl (C=O) groups excluding carboxylic acids is 1. The Balaban J connectivity index is 1.48. The number of rotatable bonds is 5. The van der Waals surface area contributed by atoms with Crippen LogP contribution in [-0.4, -0.2) is 26.4 Å². The monoisotopic (exact) mass is 402 g/mol. The lowest BCUT2D eigenvalue weighted by Gasteiger charge is -2.30. The average molecular weight is 402 g/mol. The smallest absolute Gasteiger partial charge is 0.284 e. The van der Waals surface area contributed by atoms with Crippen LogP contribution in [0.4, 0.5) is 14.5 Å². The molecule has 1 atom stereocenters. The van der Waals surface area contributed by atoms with Crippen molar-refractivity contribution in [1.29, 1.82) is 0 Å². The van der Waals surface area contributed by atoms with Gasteiger partial charge in [0, 0.05) is 12.3 Å². The maximum absolute atomic E-state index is 13.6. The highest BCUT2D eigenvalue weighted by Crippen LogP contribution is 2.37. The average Bonchev–Trinajstić information content (AvgIpc) is 3.32. The first-order valence-corrected chi connectivity index (χ1v) is 10.2. The molecule has 0 aromatic carbocycles. The maximum Gasteiger partial charge on any atom is 0.284 e. The maximum atomic E-state index is 13.6. The zero-order chi connectivity index (χ0) is 20.5. The molecule has 1 unspecified atom stereocenters. The Labute approximate surface area is 168 Å². The quantitative estimate of drug-likeness (QED) is 0.708. The van der Waals surface area contributed by atoms with Crippen molar-refractivity contribution in [3.8, 4) is 0 Å². The Bertz CT molecular complexity index is 904. The lowest BCUT2D eigenvalue weighted by atomic mass is 9.80. The molecule has 4 rings (SSSR count). The van der Waals surface area contributed by atoms with Crippen LogP contribution < -0.4 is 5.32 Å². The molecule has 2 aliphatic heterocycles. The van der Waals surface area contributed by atoms with Crippen LogP contribution in [0.3, 0.4) is 0 Å². The van der Waals surface area contributed by atoms with E-state index in [2.05, 4.69) is 29.4 Å². The number of nitrogens with one attached hydrogen (secondary N) is 1. The van der Waals surface area contributed by atoms with E-state index in [9.17, 15) is 13.6 Å². The first kappa shape index (κ1) is 19.7. The third kappa shape index (κ3) is 3.93. The molecular formula is C21H26F2N5O+. The predicted molar refractivity (Wildman–Crippen MR) is 104 cm³/mol. The van der Waals surface area contributed by atoms with Gasteiger partial charge in [0.2, 0.25) is 6.04 Å². The molecule has 1 aliphatic carbocycles. The Morgan fingerprint density at radius 1 is 1.24 bits per heavy atom. The molecule has 1 aromatic heterocycles. The number of nitrogens with zero attached hydrogens (tertiary/aromatic N) is 4. The van der Waals surface area contributed by atoms with Crippen LogP contribution in [-0.2, 0) is 4.79 Å². The van der Waals surface area contributed by atoms with E-state index in [0.717, 1.165) is 25.7 Å². The zero-order valence-corrected chi connectivity index (χ0v) is 16.6. The molecule has 29 heavy (non-hydrogen) atoms. The number of fused-ring (bicyclic) bond motifs is 1. The zero-order valence-electron chi connectivity index (χ0n) is 16.6. The summed E-state index contributed by atoms with van der Waals surface area (Å²) in [6, 6.07) is -0.216. The third-order valence-corrected chi connectivity index (χ3v) is 6.11. The van der Waals surface area contributed by atoms with Crippen molar-refractivity contribution >= 4 is 11.6 Å². The minimum Gasteiger partial charge on any atom is -0.319 e. The highest BCUT2D eigenvalue weighted by Gasteiger charge is 2.35. The van der Waals surface area contributed by atoms with Crippen molar-refractivity contribution in [2.75, 3.05) is 5.32 Å². The number of azo groups is 2. The number of hydrogen-bond acceptors (Lipinski definition) is 3. The molecule has 8 heteroatoms. The van der Waals surface area contributed by atoms with E-state index in [1.807, 2.05) is 18.2 Å². The number of amides is 1. The molecule has 154 valence electrons. The Morgan fingerprint density at radius 2 is 2.00 bits per heavy atom. The fourth-order valence-electron chi connectivity index (χ4n) is 4.32. The Morgan fingerprint density at radius 3 is 2.69 bits per heavy atom. The minimum atomic E-state index is -2.75. The molecular weight excluding hydrogens is 376 g/mol. The van der Waals surface area contributed by atoms with Crippen LogP contribution >= 0.6 is 0 Å². The molecule has 0 radical (unpaired) electrons. The number of hydrogen-bond donors (Lipinski definition) is 1. The van der Waals surface area contributed by atoms with Crippen LogP contribution in [0.5, 0.6) is 0 Å². The lowest BCUT2D eigenvalue weighted by molar-refractivity contribution is -0.536. The van der Waals surface area contributed by atoms with Crippen molar-refractivity contribution in [2.24, 2.45) is 17.0 Å². The molecule has 1 aromatic rings. The molecule has 3 aliphatic rings. The van der Waals surface area contributed by atoms with Crippen LogP contribution in [0.15, 0.2) is 47.5 Å². The van der Waals surface area contributed by atoms with Gasteiger partial charge in [0.05, 0.1) is 11.7 Å². The largest absolute Gasteiger partial charge is 0.319 e. The van der Waals surface area contributed by atoms with Gasteiger partial charge in [-0.2, -0.15) is 5.10 Å². The second-order valence-electron chi connectivity index (χ2n) is 8.23. The van der Waals surface area contributed by atoms with Crippen LogP contribution in [0, 0.1) is 11.8 Å². The summed E-state index contributed by atoms with van der Waals surface area (Å²) in [5, 5.41) is 10.9. The first-order chi connectivity index (χ1) is 13.9. The van der Waals surface area contributed by atoms with E-state index < -0.39 is 12.3 Å². The fourth-order valence-corrected chi connectivity index (χ4v) is 4.32. The minimum absolute atomic E-state index is 0.0747. The number of allylic oxidation sites excluding steroid dienone is 2. The summed E-state index contributed by atoms with van der Waals surface area (Å²) in [6.45, 7) is 4.45. The number of aromatic nitrogens is 2. The molecule has 6 nitrogen and oxygen atoms in total. The first-order valence-electron chi connectivity index (χ1n) is 10.2. The molecule has 1 amide bonds. The second kappa shape index (κ2) is 8.00. The predicted octanol–water partition coefficient (Wildman–Crippen LogP) is 4.96. The summed E-state index contributed by atoms with van der Waals surface area (Å²) in [5.41, 5.74) is 0.109. The van der Waals surface area contributed by atoms with Crippen molar-refractivity contribution < 1.29 is 18.3 Å². The molecule has 0 bridgehead atoms. The van der Waals surface area contributed by atoms with Gasteiger partial charge in [-0.1, -0.05) is 24.6 Å². The summed E-state index contributed by atoms with van der Waals surface area (Å²) in [4.78, 5) is 12.7. The molecule has 3 heterocycles. The van der Waals surface area contributed by atoms with E-state index >= 15 is 0 Å². The highest BCUT2D eigenvalue weighted by atomic mass is 19.3. The number of alkyl halides is 2. The highest BCUT2D eigenvalue weighted by molar-refractivity contribution is 6.05. The van der Waals surface area contributed by atoms with Crippen molar-refractivity contribution in [1.82, 2.24) is 9.78 Å². The van der Waals surface area contributed by atoms with Crippen molar-refractivity contribution in [3.63, 3.8) is 0 Å². The summed E-state index contributed by atoms with van der Waals surface area (Å²) < 4.78 is 30.4. The summed E-state index contributed by atoms with van der Waals surface area (Å²) >= 11 is 0. The van der Waals surface area contributed by atoms with E-state index in [1.54, 1.807) is 21.8 Å². The third-order valence-electron chi connectivity index (χ3n) is 6.11. The van der Waals surface area contributed by atoms with Gasteiger partial charge in [0.15, 0.2) is 11.9 Å². The molecule has 0 spiro atoms. The number of halogens is 2. The van der Waals surface area contributed by atoms with Gasteiger partial charge in [-0.25, -0.2) is 8.78 Å². The van der Waals surface area contributed by atoms with Crippen molar-refractivity contribution in [2.45, 2.75) is 58.0 Å². The summed E-state index contributed by atoms with van der Waals surface area (Å²) in [6.07, 6.45) is 11.5. The SMILES string of the molecule is CC(C)C1CCC(n2cc(NC(=O)C3=CN=[N+]4C=CC=CC34)c(C(F)F)n2)CC1. The van der Waals surface area contributed by atoms with E-state index in [4.69, 9.17) is 0 Å². The van der Waals surface area contributed by atoms with Gasteiger partial charge < -0.3 is 5.32 Å². The van der Waals surface area contributed by atoms with Gasteiger partial charge in [0.1, 0.15) is 11.8 Å². The second-order valence-corrected chi connectivity index (χ2v) is 8.23. The molecule has 1 fully saturated rings. The topological polar surface area (TPSA) is 62.3 Å². The molecule has 1 saturated carbocycles. The molecule has 0 saturated heterocycles. The van der Waals surface area contributed by atoms with Crippen LogP contribution in [0.25, 0.3) is 0 Å². The van der Waals surface area contributed by atoms with Gasteiger partial charge in [-0.05, 0) is 48.7 Å². The number of carbonyl (C=O) groups is 1. The summed E-state index contributed by atoms with van der Waals surface area (Å²) in [5.74, 6) is 0.869. The summed E-state index contributed by atoms with van der Waals surface area (Å²) in [7, 11) is 0. The standard InChI is InChI=1S/C21H25F2N5O/c1-13(2)14-6-8-15(9-7-14)28-12-17(19(26-28)20(22)23)25-21(29)16-11-24-27-10-4-3-5-18(16)27/h3-5,10-15,18,20H,6-9H2,1-2H3/p+1. The normalized spacial score (nSPS) is 25.9. The fraction of sp³-hybridized carbons (Fsp3) is 0.524. The van der Waals surface area contributed by atoms with Crippen LogP contribution in [0.1, 0.15) is 57.7 Å². The van der Waals surface area contributed by atoms with E-state index in [-0.39, 0.29) is 23.5 Å². The van der Waals surface area contributed by atoms with Crippen LogP contribution in [0.2, 0.25) is 0 Å². The van der Waals surface area contributed by atoms with Gasteiger partial charge in [0.25, 0.3) is 12.3 Å². The lowest BCUT2D eigenvalue weighted by Crippen LogP contribution is -2.27. The van der Waals surface area contributed by atoms with Gasteiger partial charge in [-0.3, -0.25) is 9.48 Å². The van der Waals surface area contributed by atoms with E-state index in [0.29, 0.717) is 17.4 Å². The Kier molecular flexibility index (Phi) is 5.43. The van der Waals surface area contributed by atoms with Gasteiger partial charge >= 0.3 is 0 Å². The van der Waals surface area contributed by atoms with Crippen molar-refractivity contribution in [3.05, 3.63) is 48.1 Å². The van der Waals surface area contributed by atoms with E-state index in [1.165, 1.54) is 6.20 Å². The Hall–Kier alpha value is -2.64. The molecule has 1 N–H and O–H groups in total. The van der Waals surface area contributed by atoms with Gasteiger partial charge in [-0.15, -0.1) is 0 Å².